The first-order valence-corrected chi connectivity index (χ1v) is 6.91. The van der Waals surface area contributed by atoms with Gasteiger partial charge in [0, 0.05) is 11.7 Å². The van der Waals surface area contributed by atoms with Gasteiger partial charge in [0.1, 0.15) is 0 Å². The lowest BCUT2D eigenvalue weighted by Gasteiger charge is -2.22. The molecule has 0 radical (unpaired) electrons. The third-order valence-corrected chi connectivity index (χ3v) is 4.38. The number of hydrogen-bond donors (Lipinski definition) is 2. The molecule has 0 aromatic heterocycles. The molecule has 1 aromatic carbocycles. The Hall–Kier alpha value is -1.72. The van der Waals surface area contributed by atoms with E-state index in [2.05, 4.69) is 19.2 Å². The summed E-state index contributed by atoms with van der Waals surface area (Å²) in [5, 5.41) is 12.2. The van der Waals surface area contributed by atoms with Crippen LogP contribution in [0.1, 0.15) is 42.6 Å². The van der Waals surface area contributed by atoms with Gasteiger partial charge >= 0.3 is 12.1 Å². The van der Waals surface area contributed by atoms with Gasteiger partial charge in [0.15, 0.2) is 0 Å². The third-order valence-electron chi connectivity index (χ3n) is 4.38. The number of hydrogen-bond acceptors (Lipinski definition) is 2. The topological polar surface area (TPSA) is 49.3 Å². The number of rotatable bonds is 3. The lowest BCUT2D eigenvalue weighted by Crippen LogP contribution is -2.25. The maximum absolute atomic E-state index is 12.7. The zero-order chi connectivity index (χ0) is 15.8. The van der Waals surface area contributed by atoms with Crippen molar-refractivity contribution in [3.05, 3.63) is 29.3 Å². The summed E-state index contributed by atoms with van der Waals surface area (Å²) in [4.78, 5) is 11.2. The molecule has 1 saturated carbocycles. The molecule has 116 valence electrons. The highest BCUT2D eigenvalue weighted by atomic mass is 19.4. The Morgan fingerprint density at radius 3 is 2.43 bits per heavy atom. The maximum atomic E-state index is 12.7. The second kappa shape index (κ2) is 5.58. The fraction of sp³-hybridized carbons (Fsp3) is 0.533. The number of carboxylic acid groups (broad SMARTS) is 1. The van der Waals surface area contributed by atoms with E-state index in [0.29, 0.717) is 17.9 Å². The highest BCUT2D eigenvalue weighted by Crippen LogP contribution is 2.36. The minimum Gasteiger partial charge on any atom is -0.478 e. The van der Waals surface area contributed by atoms with Gasteiger partial charge in [-0.3, -0.25) is 0 Å². The summed E-state index contributed by atoms with van der Waals surface area (Å²) < 4.78 is 38.0. The van der Waals surface area contributed by atoms with E-state index in [0.717, 1.165) is 18.9 Å². The summed E-state index contributed by atoms with van der Waals surface area (Å²) in [7, 11) is 0. The van der Waals surface area contributed by atoms with Crippen LogP contribution < -0.4 is 5.32 Å². The summed E-state index contributed by atoms with van der Waals surface area (Å²) in [6.45, 7) is 4.19. The van der Waals surface area contributed by atoms with E-state index in [9.17, 15) is 18.0 Å². The summed E-state index contributed by atoms with van der Waals surface area (Å²) >= 11 is 0. The Bertz CT molecular complexity index is 542. The van der Waals surface area contributed by atoms with E-state index >= 15 is 0 Å². The lowest BCUT2D eigenvalue weighted by atomic mass is 9.97. The van der Waals surface area contributed by atoms with Gasteiger partial charge < -0.3 is 10.4 Å². The van der Waals surface area contributed by atoms with Crippen LogP contribution >= 0.6 is 0 Å². The average molecular weight is 301 g/mol. The van der Waals surface area contributed by atoms with Gasteiger partial charge in [0.25, 0.3) is 0 Å². The smallest absolute Gasteiger partial charge is 0.416 e. The largest absolute Gasteiger partial charge is 0.478 e. The number of halogens is 3. The van der Waals surface area contributed by atoms with Crippen molar-refractivity contribution in [2.24, 2.45) is 11.8 Å². The van der Waals surface area contributed by atoms with Crippen LogP contribution in [0, 0.1) is 11.8 Å². The zero-order valence-corrected chi connectivity index (χ0v) is 11.9. The molecule has 3 atom stereocenters. The maximum Gasteiger partial charge on any atom is 0.416 e. The van der Waals surface area contributed by atoms with Gasteiger partial charge in [-0.2, -0.15) is 13.2 Å². The summed E-state index contributed by atoms with van der Waals surface area (Å²) in [6, 6.07) is 2.91. The van der Waals surface area contributed by atoms with Crippen molar-refractivity contribution in [3.63, 3.8) is 0 Å². The molecule has 3 unspecified atom stereocenters. The first kappa shape index (κ1) is 15.7. The summed E-state index contributed by atoms with van der Waals surface area (Å²) in [5.74, 6) is -0.485. The molecular formula is C15H18F3NO2. The third kappa shape index (κ3) is 3.31. The van der Waals surface area contributed by atoms with Crippen LogP contribution in [0.2, 0.25) is 0 Å². The zero-order valence-electron chi connectivity index (χ0n) is 11.9. The van der Waals surface area contributed by atoms with E-state index in [1.54, 1.807) is 0 Å². The number of aromatic carboxylic acids is 1. The van der Waals surface area contributed by atoms with Crippen LogP contribution in [-0.4, -0.2) is 17.1 Å². The van der Waals surface area contributed by atoms with Crippen molar-refractivity contribution >= 4 is 11.7 Å². The normalized spacial score (nSPS) is 25.9. The van der Waals surface area contributed by atoms with Gasteiger partial charge in [-0.1, -0.05) is 13.8 Å². The van der Waals surface area contributed by atoms with Crippen LogP contribution in [0.5, 0.6) is 0 Å². The molecule has 2 N–H and O–H groups in total. The second-order valence-corrected chi connectivity index (χ2v) is 5.73. The molecule has 21 heavy (non-hydrogen) atoms. The van der Waals surface area contributed by atoms with Crippen LogP contribution in [0.25, 0.3) is 0 Å². The van der Waals surface area contributed by atoms with Crippen LogP contribution in [-0.2, 0) is 6.18 Å². The fourth-order valence-corrected chi connectivity index (χ4v) is 2.79. The second-order valence-electron chi connectivity index (χ2n) is 5.73. The van der Waals surface area contributed by atoms with Gasteiger partial charge in [-0.25, -0.2) is 4.79 Å². The summed E-state index contributed by atoms with van der Waals surface area (Å²) in [6.07, 6.45) is -2.62. The van der Waals surface area contributed by atoms with Gasteiger partial charge in [0.2, 0.25) is 0 Å². The molecule has 1 aliphatic rings. The highest BCUT2D eigenvalue weighted by Gasteiger charge is 2.33. The van der Waals surface area contributed by atoms with Crippen molar-refractivity contribution < 1.29 is 23.1 Å². The van der Waals surface area contributed by atoms with Crippen molar-refractivity contribution in [2.75, 3.05) is 5.32 Å². The van der Waals surface area contributed by atoms with Gasteiger partial charge in [-0.15, -0.1) is 0 Å². The molecule has 1 aliphatic carbocycles. The molecule has 0 heterocycles. The van der Waals surface area contributed by atoms with Crippen LogP contribution in [0.3, 0.4) is 0 Å². The van der Waals surface area contributed by atoms with E-state index in [1.807, 2.05) is 0 Å². The minimum atomic E-state index is -4.54. The van der Waals surface area contributed by atoms with E-state index in [1.165, 1.54) is 6.07 Å². The predicted octanol–water partition coefficient (Wildman–Crippen LogP) is 4.25. The van der Waals surface area contributed by atoms with Crippen LogP contribution in [0.4, 0.5) is 18.9 Å². The minimum absolute atomic E-state index is 0.0924. The lowest BCUT2D eigenvalue weighted by molar-refractivity contribution is -0.137. The fourth-order valence-electron chi connectivity index (χ4n) is 2.79. The monoisotopic (exact) mass is 301 g/mol. The van der Waals surface area contributed by atoms with Gasteiger partial charge in [-0.05, 0) is 42.9 Å². The first-order valence-electron chi connectivity index (χ1n) is 6.91. The molecule has 0 saturated heterocycles. The van der Waals surface area contributed by atoms with Crippen molar-refractivity contribution in [1.29, 1.82) is 0 Å². The molecule has 3 nitrogen and oxygen atoms in total. The Balaban J connectivity index is 2.29. The molecule has 1 fully saturated rings. The molecule has 0 aliphatic heterocycles. The quantitative estimate of drug-likeness (QED) is 0.877. The highest BCUT2D eigenvalue weighted by molar-refractivity contribution is 5.94. The number of anilines is 1. The standard InChI is InChI=1S/C15H18F3NO2/c1-8-3-5-12(9(8)2)19-13-6-4-10(15(16,17)18)7-11(13)14(20)21/h4,6-9,12,19H,3,5H2,1-2H3,(H,20,21). The number of carboxylic acids is 1. The molecule has 0 bridgehead atoms. The van der Waals surface area contributed by atoms with E-state index in [4.69, 9.17) is 5.11 Å². The number of carbonyl (C=O) groups is 1. The molecular weight excluding hydrogens is 283 g/mol. The number of alkyl halides is 3. The average Bonchev–Trinajstić information content (AvgIpc) is 2.69. The van der Waals surface area contributed by atoms with Crippen molar-refractivity contribution in [2.45, 2.75) is 38.9 Å². The molecule has 0 amide bonds. The van der Waals surface area contributed by atoms with Gasteiger partial charge in [0.05, 0.1) is 11.1 Å². The molecule has 2 rings (SSSR count). The Morgan fingerprint density at radius 1 is 1.29 bits per heavy atom. The SMILES string of the molecule is CC1CCC(Nc2ccc(C(F)(F)F)cc2C(=O)O)C1C. The molecule has 1 aromatic rings. The van der Waals surface area contributed by atoms with E-state index < -0.39 is 17.7 Å². The number of benzene rings is 1. The first-order chi connectivity index (χ1) is 9.70. The molecule has 6 heteroatoms. The van der Waals surface area contributed by atoms with E-state index in [-0.39, 0.29) is 17.3 Å². The number of nitrogens with one attached hydrogen (secondary N) is 1. The van der Waals surface area contributed by atoms with Crippen molar-refractivity contribution in [1.82, 2.24) is 0 Å². The Kier molecular flexibility index (Phi) is 4.16. The predicted molar refractivity (Wildman–Crippen MR) is 73.4 cm³/mol. The molecule has 0 spiro atoms. The Morgan fingerprint density at radius 2 is 1.95 bits per heavy atom. The summed E-state index contributed by atoms with van der Waals surface area (Å²) in [5.41, 5.74) is -1.03. The van der Waals surface area contributed by atoms with Crippen LogP contribution in [0.15, 0.2) is 18.2 Å². The Labute approximate surface area is 121 Å². The van der Waals surface area contributed by atoms with Crippen molar-refractivity contribution in [3.8, 4) is 0 Å².